The van der Waals surface area contributed by atoms with Gasteiger partial charge in [-0.25, -0.2) is 4.98 Å². The number of amides is 3. The van der Waals surface area contributed by atoms with E-state index in [4.69, 9.17) is 0 Å². The Morgan fingerprint density at radius 1 is 0.938 bits per heavy atom. The van der Waals surface area contributed by atoms with Crippen molar-refractivity contribution in [3.8, 4) is 0 Å². The fourth-order valence-corrected chi connectivity index (χ4v) is 3.82. The van der Waals surface area contributed by atoms with Crippen molar-refractivity contribution in [2.45, 2.75) is 19.3 Å². The molecule has 164 valence electrons. The van der Waals surface area contributed by atoms with Gasteiger partial charge in [-0.2, -0.15) is 0 Å². The molecule has 1 aromatic heterocycles. The number of carbonyl (C=O) groups excluding carboxylic acids is 3. The molecule has 2 aromatic carbocycles. The molecule has 2 N–H and O–H groups in total. The maximum atomic E-state index is 13.2. The minimum absolute atomic E-state index is 0.133. The van der Waals surface area contributed by atoms with Gasteiger partial charge in [0, 0.05) is 38.0 Å². The zero-order valence-electron chi connectivity index (χ0n) is 18.2. The maximum Gasteiger partial charge on any atom is 0.272 e. The van der Waals surface area contributed by atoms with Gasteiger partial charge in [0.25, 0.3) is 17.7 Å². The Kier molecular flexibility index (Phi) is 6.16. The topological polar surface area (TPSA) is 91.4 Å². The van der Waals surface area contributed by atoms with Crippen LogP contribution in [0.3, 0.4) is 0 Å². The lowest BCUT2D eigenvalue weighted by atomic mass is 9.85. The molecule has 7 heteroatoms. The zero-order chi connectivity index (χ0) is 22.7. The van der Waals surface area contributed by atoms with Gasteiger partial charge in [-0.3, -0.25) is 14.4 Å². The van der Waals surface area contributed by atoms with E-state index in [1.807, 2.05) is 24.3 Å². The molecule has 1 saturated carbocycles. The van der Waals surface area contributed by atoms with E-state index in [0.717, 1.165) is 12.8 Å². The standard InChI is InChI=1S/C25H26N4O3/c1-29(2)25(32)20-13-12-19(17-9-3-4-10-18(17)20)23(30)28-21-11-6-14-26-22(21)24(31)27-15-16-7-5-8-16/h3-4,6,9-14,16H,5,7-8,15H2,1-2H3,(H,27,31)(H,28,30). The highest BCUT2D eigenvalue weighted by Crippen LogP contribution is 2.26. The van der Waals surface area contributed by atoms with Crippen LogP contribution >= 0.6 is 0 Å². The molecule has 3 amide bonds. The van der Waals surface area contributed by atoms with Gasteiger partial charge in [-0.05, 0) is 53.8 Å². The summed E-state index contributed by atoms with van der Waals surface area (Å²) < 4.78 is 0. The smallest absolute Gasteiger partial charge is 0.272 e. The van der Waals surface area contributed by atoms with Gasteiger partial charge in [0.1, 0.15) is 0 Å². The van der Waals surface area contributed by atoms with Gasteiger partial charge in [-0.1, -0.05) is 30.7 Å². The predicted molar refractivity (Wildman–Crippen MR) is 124 cm³/mol. The van der Waals surface area contributed by atoms with Crippen LogP contribution in [-0.4, -0.2) is 48.2 Å². The van der Waals surface area contributed by atoms with Crippen LogP contribution < -0.4 is 10.6 Å². The van der Waals surface area contributed by atoms with Gasteiger partial charge in [0.15, 0.2) is 5.69 Å². The van der Waals surface area contributed by atoms with Gasteiger partial charge >= 0.3 is 0 Å². The second kappa shape index (κ2) is 9.18. The molecule has 0 aliphatic heterocycles. The van der Waals surface area contributed by atoms with Gasteiger partial charge in [0.2, 0.25) is 0 Å². The second-order valence-corrected chi connectivity index (χ2v) is 8.27. The monoisotopic (exact) mass is 430 g/mol. The fourth-order valence-electron chi connectivity index (χ4n) is 3.82. The number of benzene rings is 2. The average molecular weight is 431 g/mol. The van der Waals surface area contributed by atoms with Gasteiger partial charge in [-0.15, -0.1) is 0 Å². The Hall–Kier alpha value is -3.74. The summed E-state index contributed by atoms with van der Waals surface area (Å²) in [4.78, 5) is 44.1. The number of hydrogen-bond donors (Lipinski definition) is 2. The van der Waals surface area contributed by atoms with Crippen molar-refractivity contribution in [2.24, 2.45) is 5.92 Å². The quantitative estimate of drug-likeness (QED) is 0.624. The first-order valence-corrected chi connectivity index (χ1v) is 10.7. The maximum absolute atomic E-state index is 13.2. The molecule has 0 radical (unpaired) electrons. The predicted octanol–water partition coefficient (Wildman–Crippen LogP) is 3.72. The molecular formula is C25H26N4O3. The Morgan fingerprint density at radius 3 is 2.28 bits per heavy atom. The molecule has 0 unspecified atom stereocenters. The summed E-state index contributed by atoms with van der Waals surface area (Å²) in [6.45, 7) is 0.620. The number of rotatable bonds is 6. The number of anilines is 1. The molecule has 1 aliphatic rings. The van der Waals surface area contributed by atoms with Crippen LogP contribution in [0.1, 0.15) is 50.5 Å². The first-order chi connectivity index (χ1) is 15.5. The second-order valence-electron chi connectivity index (χ2n) is 8.27. The van der Waals surface area contributed by atoms with E-state index < -0.39 is 0 Å². The molecular weight excluding hydrogens is 404 g/mol. The minimum atomic E-state index is -0.369. The highest BCUT2D eigenvalue weighted by molar-refractivity contribution is 6.18. The largest absolute Gasteiger partial charge is 0.350 e. The van der Waals surface area contributed by atoms with E-state index >= 15 is 0 Å². The number of hydrogen-bond acceptors (Lipinski definition) is 4. The molecule has 0 atom stereocenters. The SMILES string of the molecule is CN(C)C(=O)c1ccc(C(=O)Nc2cccnc2C(=O)NCC2CCC2)c2ccccc12. The lowest BCUT2D eigenvalue weighted by Gasteiger charge is -2.25. The summed E-state index contributed by atoms with van der Waals surface area (Å²) in [7, 11) is 3.38. The first-order valence-electron chi connectivity index (χ1n) is 10.7. The number of carbonyl (C=O) groups is 3. The van der Waals surface area contributed by atoms with Gasteiger partial charge in [0.05, 0.1) is 5.69 Å². The van der Waals surface area contributed by atoms with Crippen molar-refractivity contribution in [2.75, 3.05) is 26.0 Å². The third-order valence-corrected chi connectivity index (χ3v) is 5.85. The van der Waals surface area contributed by atoms with Crippen LogP contribution in [0.4, 0.5) is 5.69 Å². The van der Waals surface area contributed by atoms with Crippen molar-refractivity contribution in [3.05, 3.63) is 71.5 Å². The van der Waals surface area contributed by atoms with E-state index in [-0.39, 0.29) is 23.4 Å². The van der Waals surface area contributed by atoms with Crippen molar-refractivity contribution < 1.29 is 14.4 Å². The number of nitrogens with zero attached hydrogens (tertiary/aromatic N) is 2. The summed E-state index contributed by atoms with van der Waals surface area (Å²) in [6.07, 6.45) is 5.00. The summed E-state index contributed by atoms with van der Waals surface area (Å²) in [5.74, 6) is -0.281. The van der Waals surface area contributed by atoms with Crippen LogP contribution in [0.15, 0.2) is 54.7 Å². The molecule has 1 aliphatic carbocycles. The molecule has 1 heterocycles. The number of nitrogens with one attached hydrogen (secondary N) is 2. The third kappa shape index (κ3) is 4.32. The minimum Gasteiger partial charge on any atom is -0.350 e. The van der Waals surface area contributed by atoms with Crippen LogP contribution in [0.5, 0.6) is 0 Å². The number of pyridine rings is 1. The lowest BCUT2D eigenvalue weighted by molar-refractivity contribution is 0.0828. The van der Waals surface area contributed by atoms with Crippen LogP contribution in [0.25, 0.3) is 10.8 Å². The molecule has 32 heavy (non-hydrogen) atoms. The van der Waals surface area contributed by atoms with E-state index in [1.165, 1.54) is 17.5 Å². The highest BCUT2D eigenvalue weighted by atomic mass is 16.2. The van der Waals surface area contributed by atoms with E-state index in [9.17, 15) is 14.4 Å². The van der Waals surface area contributed by atoms with E-state index in [2.05, 4.69) is 15.6 Å². The van der Waals surface area contributed by atoms with Crippen LogP contribution in [-0.2, 0) is 0 Å². The Morgan fingerprint density at radius 2 is 1.62 bits per heavy atom. The van der Waals surface area contributed by atoms with Crippen LogP contribution in [0, 0.1) is 5.92 Å². The lowest BCUT2D eigenvalue weighted by Crippen LogP contribution is -2.33. The average Bonchev–Trinajstić information content (AvgIpc) is 2.77. The van der Waals surface area contributed by atoms with Crippen molar-refractivity contribution in [1.82, 2.24) is 15.2 Å². The van der Waals surface area contributed by atoms with E-state index in [1.54, 1.807) is 38.4 Å². The summed E-state index contributed by atoms with van der Waals surface area (Å²) in [6, 6.07) is 13.9. The molecule has 4 rings (SSSR count). The number of aromatic nitrogens is 1. The summed E-state index contributed by atoms with van der Waals surface area (Å²) >= 11 is 0. The third-order valence-electron chi connectivity index (χ3n) is 5.85. The van der Waals surface area contributed by atoms with Crippen LogP contribution in [0.2, 0.25) is 0 Å². The van der Waals surface area contributed by atoms with Gasteiger partial charge < -0.3 is 15.5 Å². The van der Waals surface area contributed by atoms with Crippen molar-refractivity contribution in [1.29, 1.82) is 0 Å². The van der Waals surface area contributed by atoms with Crippen molar-refractivity contribution >= 4 is 34.2 Å². The molecule has 3 aromatic rings. The Labute approximate surface area is 186 Å². The summed E-state index contributed by atoms with van der Waals surface area (Å²) in [5, 5.41) is 7.11. The number of fused-ring (bicyclic) bond motifs is 1. The summed E-state index contributed by atoms with van der Waals surface area (Å²) in [5.41, 5.74) is 1.48. The Bertz CT molecular complexity index is 1180. The molecule has 0 spiro atoms. The normalized spacial score (nSPS) is 13.3. The van der Waals surface area contributed by atoms with Crippen molar-refractivity contribution in [3.63, 3.8) is 0 Å². The highest BCUT2D eigenvalue weighted by Gasteiger charge is 2.22. The molecule has 7 nitrogen and oxygen atoms in total. The Balaban J connectivity index is 1.60. The van der Waals surface area contributed by atoms with E-state index in [0.29, 0.717) is 40.0 Å². The fraction of sp³-hybridized carbons (Fsp3) is 0.280. The first kappa shape index (κ1) is 21.5. The molecule has 0 saturated heterocycles. The molecule has 1 fully saturated rings. The molecule has 0 bridgehead atoms. The zero-order valence-corrected chi connectivity index (χ0v) is 18.2.